The normalized spacial score (nSPS) is 18.6. The van der Waals surface area contributed by atoms with Crippen LogP contribution in [0.4, 0.5) is 0 Å². The summed E-state index contributed by atoms with van der Waals surface area (Å²) in [6.45, 7) is 5.48. The minimum absolute atomic E-state index is 0.0884. The topological polar surface area (TPSA) is 38.3 Å². The van der Waals surface area contributed by atoms with Crippen molar-refractivity contribution >= 4 is 17.4 Å². The first-order chi connectivity index (χ1) is 9.13. The monoisotopic (exact) mass is 281 g/mol. The molecule has 1 aromatic rings. The number of hydrogen-bond acceptors (Lipinski definition) is 3. The number of ether oxygens (including phenoxy) is 1. The lowest BCUT2D eigenvalue weighted by Crippen LogP contribution is -2.31. The maximum Gasteiger partial charge on any atom is 0.183 e. The highest BCUT2D eigenvalue weighted by molar-refractivity contribution is 6.31. The zero-order chi connectivity index (χ0) is 13.8. The molecule has 0 radical (unpaired) electrons. The van der Waals surface area contributed by atoms with E-state index in [1.807, 2.05) is 19.9 Å². The van der Waals surface area contributed by atoms with Gasteiger partial charge in [-0.1, -0.05) is 18.5 Å². The Kier molecular flexibility index (Phi) is 4.83. The first kappa shape index (κ1) is 14.4. The van der Waals surface area contributed by atoms with Gasteiger partial charge in [0.25, 0.3) is 0 Å². The van der Waals surface area contributed by atoms with Crippen LogP contribution in [0.3, 0.4) is 0 Å². The van der Waals surface area contributed by atoms with E-state index in [1.54, 1.807) is 6.07 Å². The number of carbonyl (C=O) groups excluding carboxylic acids is 1. The molecule has 1 saturated heterocycles. The SMILES string of the molecule is CCCOc1cc(C)c(Cl)cc1C(=O)C1CCCN1. The van der Waals surface area contributed by atoms with E-state index in [2.05, 4.69) is 5.32 Å². The molecule has 1 aliphatic heterocycles. The second-order valence-corrected chi connectivity index (χ2v) is 5.37. The molecule has 1 N–H and O–H groups in total. The summed E-state index contributed by atoms with van der Waals surface area (Å²) < 4.78 is 5.70. The molecule has 3 nitrogen and oxygen atoms in total. The molecule has 0 aromatic heterocycles. The summed E-state index contributed by atoms with van der Waals surface area (Å²) in [5, 5.41) is 3.84. The van der Waals surface area contributed by atoms with Gasteiger partial charge in [0.2, 0.25) is 0 Å². The highest BCUT2D eigenvalue weighted by Crippen LogP contribution is 2.29. The van der Waals surface area contributed by atoms with Crippen LogP contribution in [0.2, 0.25) is 5.02 Å². The van der Waals surface area contributed by atoms with Crippen LogP contribution in [-0.2, 0) is 0 Å². The van der Waals surface area contributed by atoms with Crippen LogP contribution in [0, 0.1) is 6.92 Å². The minimum Gasteiger partial charge on any atom is -0.493 e. The Bertz CT molecular complexity index is 467. The number of ketones is 1. The van der Waals surface area contributed by atoms with Crippen LogP contribution in [0.25, 0.3) is 0 Å². The number of Topliss-reactive ketones (excluding diaryl/α,β-unsaturated/α-hetero) is 1. The Morgan fingerprint density at radius 2 is 2.32 bits per heavy atom. The number of rotatable bonds is 5. The number of halogens is 1. The fourth-order valence-corrected chi connectivity index (χ4v) is 2.44. The second kappa shape index (κ2) is 6.40. The van der Waals surface area contributed by atoms with Crippen molar-refractivity contribution < 1.29 is 9.53 Å². The fourth-order valence-electron chi connectivity index (χ4n) is 2.28. The summed E-state index contributed by atoms with van der Waals surface area (Å²) in [5.41, 5.74) is 1.53. The van der Waals surface area contributed by atoms with Crippen molar-refractivity contribution in [3.8, 4) is 5.75 Å². The van der Waals surface area contributed by atoms with Crippen LogP contribution >= 0.6 is 11.6 Å². The van der Waals surface area contributed by atoms with Crippen molar-refractivity contribution in [2.45, 2.75) is 39.2 Å². The van der Waals surface area contributed by atoms with Gasteiger partial charge in [-0.15, -0.1) is 0 Å². The molecular formula is C15H20ClNO2. The molecule has 0 amide bonds. The Morgan fingerprint density at radius 3 is 2.95 bits per heavy atom. The molecular weight excluding hydrogens is 262 g/mol. The molecule has 2 rings (SSSR count). The third kappa shape index (κ3) is 3.28. The lowest BCUT2D eigenvalue weighted by Gasteiger charge is -2.15. The summed E-state index contributed by atoms with van der Waals surface area (Å²) in [4.78, 5) is 12.5. The molecule has 0 aliphatic carbocycles. The summed E-state index contributed by atoms with van der Waals surface area (Å²) in [7, 11) is 0. The molecule has 1 fully saturated rings. The fraction of sp³-hybridized carbons (Fsp3) is 0.533. The van der Waals surface area contributed by atoms with Crippen molar-refractivity contribution in [1.82, 2.24) is 5.32 Å². The van der Waals surface area contributed by atoms with E-state index in [4.69, 9.17) is 16.3 Å². The van der Waals surface area contributed by atoms with Crippen molar-refractivity contribution in [2.24, 2.45) is 0 Å². The molecule has 4 heteroatoms. The lowest BCUT2D eigenvalue weighted by molar-refractivity contribution is 0.0948. The zero-order valence-electron chi connectivity index (χ0n) is 11.5. The van der Waals surface area contributed by atoms with Crippen LogP contribution in [0.5, 0.6) is 5.75 Å². The number of hydrogen-bond donors (Lipinski definition) is 1. The van der Waals surface area contributed by atoms with E-state index in [0.29, 0.717) is 22.9 Å². The van der Waals surface area contributed by atoms with Gasteiger partial charge in [-0.25, -0.2) is 0 Å². The molecule has 1 heterocycles. The van der Waals surface area contributed by atoms with Gasteiger partial charge in [0.1, 0.15) is 5.75 Å². The van der Waals surface area contributed by atoms with Crippen LogP contribution in [-0.4, -0.2) is 25.0 Å². The van der Waals surface area contributed by atoms with Crippen molar-refractivity contribution in [1.29, 1.82) is 0 Å². The Labute approximate surface area is 119 Å². The second-order valence-electron chi connectivity index (χ2n) is 4.96. The summed E-state index contributed by atoms with van der Waals surface area (Å²) in [6, 6.07) is 3.51. The smallest absolute Gasteiger partial charge is 0.183 e. The van der Waals surface area contributed by atoms with E-state index in [1.165, 1.54) is 0 Å². The molecule has 1 aliphatic rings. The van der Waals surface area contributed by atoms with Crippen LogP contribution < -0.4 is 10.1 Å². The molecule has 1 aromatic carbocycles. The zero-order valence-corrected chi connectivity index (χ0v) is 12.2. The molecule has 0 spiro atoms. The predicted molar refractivity (Wildman–Crippen MR) is 77.3 cm³/mol. The number of aryl methyl sites for hydroxylation is 1. The van der Waals surface area contributed by atoms with Gasteiger partial charge in [-0.3, -0.25) is 4.79 Å². The van der Waals surface area contributed by atoms with Gasteiger partial charge < -0.3 is 10.1 Å². The maximum absolute atomic E-state index is 12.5. The minimum atomic E-state index is -0.0947. The predicted octanol–water partition coefficient (Wildman–Crippen LogP) is 3.37. The van der Waals surface area contributed by atoms with Crippen LogP contribution in [0.15, 0.2) is 12.1 Å². The third-order valence-electron chi connectivity index (χ3n) is 3.36. The average molecular weight is 282 g/mol. The highest BCUT2D eigenvalue weighted by Gasteiger charge is 2.26. The number of benzene rings is 1. The molecule has 0 saturated carbocycles. The van der Waals surface area contributed by atoms with E-state index >= 15 is 0 Å². The third-order valence-corrected chi connectivity index (χ3v) is 3.77. The van der Waals surface area contributed by atoms with E-state index in [-0.39, 0.29) is 11.8 Å². The number of nitrogens with one attached hydrogen (secondary N) is 1. The van der Waals surface area contributed by atoms with Gasteiger partial charge >= 0.3 is 0 Å². The Hall–Kier alpha value is -1.06. The Morgan fingerprint density at radius 1 is 1.53 bits per heavy atom. The van der Waals surface area contributed by atoms with Gasteiger partial charge in [0.05, 0.1) is 18.2 Å². The molecule has 0 bridgehead atoms. The highest BCUT2D eigenvalue weighted by atomic mass is 35.5. The molecule has 1 atom stereocenters. The summed E-state index contributed by atoms with van der Waals surface area (Å²) in [5.74, 6) is 0.743. The quantitative estimate of drug-likeness (QED) is 0.841. The van der Waals surface area contributed by atoms with Gasteiger partial charge in [-0.2, -0.15) is 0 Å². The largest absolute Gasteiger partial charge is 0.493 e. The van der Waals surface area contributed by atoms with Gasteiger partial charge in [-0.05, 0) is 50.4 Å². The number of carbonyl (C=O) groups is 1. The van der Waals surface area contributed by atoms with Crippen molar-refractivity contribution in [3.05, 3.63) is 28.3 Å². The Balaban J connectivity index is 2.30. The summed E-state index contributed by atoms with van der Waals surface area (Å²) in [6.07, 6.45) is 2.84. The van der Waals surface area contributed by atoms with Gasteiger partial charge in [0.15, 0.2) is 5.78 Å². The molecule has 104 valence electrons. The first-order valence-electron chi connectivity index (χ1n) is 6.84. The van der Waals surface area contributed by atoms with Crippen molar-refractivity contribution in [3.63, 3.8) is 0 Å². The molecule has 19 heavy (non-hydrogen) atoms. The van der Waals surface area contributed by atoms with Crippen molar-refractivity contribution in [2.75, 3.05) is 13.2 Å². The average Bonchev–Trinajstić information content (AvgIpc) is 2.92. The van der Waals surface area contributed by atoms with E-state index in [9.17, 15) is 4.79 Å². The van der Waals surface area contributed by atoms with Gasteiger partial charge in [0, 0.05) is 5.02 Å². The molecule has 1 unspecified atom stereocenters. The first-order valence-corrected chi connectivity index (χ1v) is 7.21. The van der Waals surface area contributed by atoms with E-state index < -0.39 is 0 Å². The lowest BCUT2D eigenvalue weighted by atomic mass is 10.0. The summed E-state index contributed by atoms with van der Waals surface area (Å²) >= 11 is 6.14. The van der Waals surface area contributed by atoms with E-state index in [0.717, 1.165) is 31.4 Å². The standard InChI is InChI=1S/C15H20ClNO2/c1-3-7-19-14-8-10(2)12(16)9-11(14)15(18)13-5-4-6-17-13/h8-9,13,17H,3-7H2,1-2H3. The maximum atomic E-state index is 12.5. The van der Waals surface area contributed by atoms with Crippen LogP contribution in [0.1, 0.15) is 42.1 Å².